The average Bonchev–Trinajstić information content (AvgIpc) is 3.58. The van der Waals surface area contributed by atoms with Crippen molar-refractivity contribution < 1.29 is 58.2 Å². The van der Waals surface area contributed by atoms with E-state index in [1.807, 2.05) is 67.5 Å². The molecule has 63 heavy (non-hydrogen) atoms. The molecule has 2 spiro atoms. The molecule has 4 saturated heterocycles. The Balaban J connectivity index is 1.40. The van der Waals surface area contributed by atoms with Crippen LogP contribution in [0.5, 0.6) is 0 Å². The molecule has 0 unspecified atom stereocenters. The van der Waals surface area contributed by atoms with Crippen LogP contribution in [0, 0.1) is 41.4 Å². The molecule has 5 aliphatic heterocycles. The quantitative estimate of drug-likeness (QED) is 0.103. The minimum atomic E-state index is -1.48. The van der Waals surface area contributed by atoms with E-state index >= 15 is 0 Å². The van der Waals surface area contributed by atoms with E-state index in [2.05, 4.69) is 24.5 Å². The summed E-state index contributed by atoms with van der Waals surface area (Å²) < 4.78 is 34.3. The number of carbonyl (C=O) groups excluding carboxylic acids is 3. The molecule has 4 fully saturated rings. The average molecular weight is 892 g/mol. The van der Waals surface area contributed by atoms with Gasteiger partial charge in [0, 0.05) is 43.2 Å². The number of ketones is 1. The minimum absolute atomic E-state index is 0.0637. The van der Waals surface area contributed by atoms with Gasteiger partial charge >= 0.3 is 17.8 Å². The summed E-state index contributed by atoms with van der Waals surface area (Å²) in [5.41, 5.74) is -1.83. The zero-order valence-electron chi connectivity index (χ0n) is 40.2. The van der Waals surface area contributed by atoms with Crippen molar-refractivity contribution in [3.8, 4) is 0 Å². The fourth-order valence-corrected chi connectivity index (χ4v) is 11.3. The third kappa shape index (κ3) is 10.7. The molecule has 5 aliphatic rings. The normalized spacial score (nSPS) is 40.6. The van der Waals surface area contributed by atoms with Crippen LogP contribution in [0.4, 0.5) is 0 Å². The maximum absolute atomic E-state index is 14.7. The van der Waals surface area contributed by atoms with Crippen LogP contribution >= 0.6 is 0 Å². The van der Waals surface area contributed by atoms with Gasteiger partial charge in [0.05, 0.1) is 53.7 Å². The fourth-order valence-electron chi connectivity index (χ4n) is 11.3. The first kappa shape index (κ1) is 51.5. The van der Waals surface area contributed by atoms with Crippen LogP contribution < -0.4 is 10.6 Å². The van der Waals surface area contributed by atoms with Crippen molar-refractivity contribution in [1.82, 2.24) is 15.5 Å². The smallest absolute Gasteiger partial charge is 0.309 e. The Bertz CT molecular complexity index is 1650. The number of aliphatic hydroxyl groups excluding tert-OH is 1. The number of aliphatic carboxylic acids is 1. The van der Waals surface area contributed by atoms with E-state index in [1.165, 1.54) is 0 Å². The molecule has 15 nitrogen and oxygen atoms in total. The molecule has 0 aromatic carbocycles. The van der Waals surface area contributed by atoms with E-state index in [9.17, 15) is 34.5 Å². The molecule has 0 aromatic heterocycles. The third-order valence-corrected chi connectivity index (χ3v) is 15.8. The number of carboxylic acids is 1. The zero-order valence-corrected chi connectivity index (χ0v) is 40.2. The van der Waals surface area contributed by atoms with Gasteiger partial charge in [-0.15, -0.1) is 0 Å². The van der Waals surface area contributed by atoms with Crippen molar-refractivity contribution in [2.45, 2.75) is 199 Å². The van der Waals surface area contributed by atoms with E-state index in [0.29, 0.717) is 64.3 Å². The van der Waals surface area contributed by atoms with Crippen LogP contribution in [0.3, 0.4) is 0 Å². The van der Waals surface area contributed by atoms with E-state index < -0.39 is 101 Å². The molecule has 0 aromatic rings. The van der Waals surface area contributed by atoms with Crippen LogP contribution in [0.25, 0.3) is 0 Å². The number of nitrogens with zero attached hydrogens (tertiary/aromatic N) is 1. The predicted molar refractivity (Wildman–Crippen MR) is 236 cm³/mol. The lowest BCUT2D eigenvalue weighted by Gasteiger charge is -2.55. The number of likely N-dealkylation sites (N-methyl/N-ethyl adjacent to an activating group) is 1. The topological polar surface area (TPSA) is 202 Å². The molecule has 2 amide bonds. The van der Waals surface area contributed by atoms with Gasteiger partial charge < -0.3 is 54.5 Å². The monoisotopic (exact) mass is 892 g/mol. The second kappa shape index (κ2) is 20.6. The summed E-state index contributed by atoms with van der Waals surface area (Å²) in [6, 6.07) is -0.883. The first-order valence-corrected chi connectivity index (χ1v) is 24.0. The van der Waals surface area contributed by atoms with Crippen molar-refractivity contribution in [3.05, 3.63) is 12.2 Å². The van der Waals surface area contributed by atoms with Crippen LogP contribution in [-0.2, 0) is 42.9 Å². The predicted octanol–water partition coefficient (Wildman–Crippen LogP) is 4.99. The summed E-state index contributed by atoms with van der Waals surface area (Å²) >= 11 is 0. The number of aliphatic hydroxyl groups is 2. The Morgan fingerprint density at radius 3 is 2.16 bits per heavy atom. The molecule has 360 valence electrons. The van der Waals surface area contributed by atoms with Gasteiger partial charge in [-0.25, -0.2) is 0 Å². The van der Waals surface area contributed by atoms with Gasteiger partial charge in [0.1, 0.15) is 11.8 Å². The summed E-state index contributed by atoms with van der Waals surface area (Å²) in [6.07, 6.45) is 5.66. The van der Waals surface area contributed by atoms with Crippen LogP contribution in [-0.4, -0.2) is 136 Å². The largest absolute Gasteiger partial charge is 0.481 e. The number of carbonyl (C=O) groups is 4. The van der Waals surface area contributed by atoms with Gasteiger partial charge in [-0.2, -0.15) is 0 Å². The van der Waals surface area contributed by atoms with Crippen molar-refractivity contribution in [3.63, 3.8) is 0 Å². The SMILES string of the molecule is CC[C@@H](C(=O)[C@@H](C)[C@@H](O)[C@H](C)[C@@H]1O[C@@H]([C@@H](CC)C(=O)O)CC[C@@H]1C)[C@H]1O[C@]2(C=C[C@@H](NC(=O)C(=O)NCCN(C)C)[C@]3(CC[C@@](C)([C@H]4CC[C@](O)(CC)[C@H](C)O4)O3)O2)[C@H](C)C[C@@H]1C. The van der Waals surface area contributed by atoms with Gasteiger partial charge in [0.2, 0.25) is 0 Å². The van der Waals surface area contributed by atoms with Crippen LogP contribution in [0.1, 0.15) is 133 Å². The number of hydrogen-bond acceptors (Lipinski definition) is 12. The second-order valence-electron chi connectivity index (χ2n) is 20.5. The lowest BCUT2D eigenvalue weighted by Crippen LogP contribution is -2.66. The highest BCUT2D eigenvalue weighted by molar-refractivity contribution is 6.35. The first-order chi connectivity index (χ1) is 29.5. The number of Topliss-reactive ketones (excluding diaryl/α,β-unsaturated/α-hetero) is 1. The van der Waals surface area contributed by atoms with E-state index in [0.717, 1.165) is 6.42 Å². The maximum Gasteiger partial charge on any atom is 0.309 e. The van der Waals surface area contributed by atoms with Gasteiger partial charge in [-0.3, -0.25) is 19.2 Å². The third-order valence-electron chi connectivity index (χ3n) is 15.8. The molecule has 5 heterocycles. The van der Waals surface area contributed by atoms with Gasteiger partial charge in [0.25, 0.3) is 0 Å². The molecule has 18 atom stereocenters. The molecular weight excluding hydrogens is 811 g/mol. The summed E-state index contributed by atoms with van der Waals surface area (Å²) in [7, 11) is 3.76. The van der Waals surface area contributed by atoms with Gasteiger partial charge in [-0.05, 0) is 104 Å². The van der Waals surface area contributed by atoms with E-state index in [-0.39, 0.29) is 36.2 Å². The summed E-state index contributed by atoms with van der Waals surface area (Å²) in [4.78, 5) is 55.1. The van der Waals surface area contributed by atoms with Crippen molar-refractivity contribution in [2.24, 2.45) is 41.4 Å². The molecule has 0 radical (unpaired) electrons. The molecule has 0 saturated carbocycles. The Morgan fingerprint density at radius 2 is 1.56 bits per heavy atom. The fraction of sp³-hybridized carbons (Fsp3) is 0.875. The maximum atomic E-state index is 14.7. The Hall–Kier alpha value is -2.50. The number of rotatable bonds is 16. The van der Waals surface area contributed by atoms with Gasteiger partial charge in [0.15, 0.2) is 11.6 Å². The van der Waals surface area contributed by atoms with Crippen LogP contribution in [0.2, 0.25) is 0 Å². The lowest BCUT2D eigenvalue weighted by molar-refractivity contribution is -0.398. The molecule has 5 rings (SSSR count). The minimum Gasteiger partial charge on any atom is -0.481 e. The lowest BCUT2D eigenvalue weighted by atomic mass is 9.72. The molecule has 0 aliphatic carbocycles. The molecule has 5 N–H and O–H groups in total. The van der Waals surface area contributed by atoms with Crippen molar-refractivity contribution >= 4 is 23.6 Å². The summed E-state index contributed by atoms with van der Waals surface area (Å²) in [6.45, 7) is 20.2. The van der Waals surface area contributed by atoms with Crippen molar-refractivity contribution in [1.29, 1.82) is 0 Å². The zero-order chi connectivity index (χ0) is 46.8. The van der Waals surface area contributed by atoms with Gasteiger partial charge in [-0.1, -0.05) is 61.5 Å². The van der Waals surface area contributed by atoms with E-state index in [4.69, 9.17) is 23.7 Å². The number of ether oxygens (including phenoxy) is 5. The van der Waals surface area contributed by atoms with Crippen LogP contribution in [0.15, 0.2) is 12.2 Å². The Kier molecular flexibility index (Phi) is 16.8. The highest BCUT2D eigenvalue weighted by Crippen LogP contribution is 2.54. The Labute approximate surface area is 376 Å². The number of nitrogens with one attached hydrogen (secondary N) is 2. The molecule has 0 bridgehead atoms. The Morgan fingerprint density at radius 1 is 0.873 bits per heavy atom. The standard InChI is InChI=1S/C48H81N3O12/c1-13-33(44(56)57)35-17-16-27(4)40(60-35)31(8)38(52)30(7)39(53)34(14-2)41-28(5)26-29(6)47(61-41)21-18-36(50-43(55)42(54)49-24-25-51(11)12)48(63-47)23-22-45(10,62-48)37-19-20-46(58,15-3)32(9)59-37/h18,21,27-38,40-41,52,58H,13-17,19-20,22-26H2,1-12H3,(H,49,54)(H,50,55)(H,56,57)/t27-,28-,29+,30-,31-,32-,33+,34-,35+,36+,37+,38+,40+,41-,45-,46+,47-,48-/m0/s1. The highest BCUT2D eigenvalue weighted by atomic mass is 16.8. The second-order valence-corrected chi connectivity index (χ2v) is 20.5. The first-order valence-electron chi connectivity index (χ1n) is 24.0. The highest BCUT2D eigenvalue weighted by Gasteiger charge is 2.63. The summed E-state index contributed by atoms with van der Waals surface area (Å²) in [5, 5.41) is 38.5. The molecule has 15 heteroatoms. The number of carboxylic acid groups (broad SMARTS) is 1. The van der Waals surface area contributed by atoms with E-state index in [1.54, 1.807) is 19.1 Å². The number of amides is 2. The number of hydrogen-bond donors (Lipinski definition) is 5. The summed E-state index contributed by atoms with van der Waals surface area (Å²) in [5.74, 6) is -8.12. The van der Waals surface area contributed by atoms with Crippen molar-refractivity contribution in [2.75, 3.05) is 27.2 Å². The molecular formula is C48H81N3O12.